The van der Waals surface area contributed by atoms with Crippen LogP contribution >= 0.6 is 0 Å². The normalized spacial score (nSPS) is 23.8. The zero-order chi connectivity index (χ0) is 13.4. The first-order valence-corrected chi connectivity index (χ1v) is 6.44. The van der Waals surface area contributed by atoms with Gasteiger partial charge in [-0.2, -0.15) is 0 Å². The summed E-state index contributed by atoms with van der Waals surface area (Å²) < 4.78 is 0. The van der Waals surface area contributed by atoms with Gasteiger partial charge in [0, 0.05) is 0 Å². The summed E-state index contributed by atoms with van der Waals surface area (Å²) in [7, 11) is 0. The average Bonchev–Trinajstić information content (AvgIpc) is 2.30. The van der Waals surface area contributed by atoms with E-state index >= 15 is 0 Å². The van der Waals surface area contributed by atoms with Crippen molar-refractivity contribution in [1.29, 1.82) is 0 Å². The van der Waals surface area contributed by atoms with Crippen molar-refractivity contribution >= 4 is 11.9 Å². The molecule has 0 saturated heterocycles. The Hall–Kier alpha value is -1.14. The van der Waals surface area contributed by atoms with Gasteiger partial charge in [0.2, 0.25) is 0 Å². The van der Waals surface area contributed by atoms with Gasteiger partial charge in [0.1, 0.15) is 0 Å². The van der Waals surface area contributed by atoms with Crippen LogP contribution in [0.4, 0.5) is 0 Å². The molecule has 2 atom stereocenters. The van der Waals surface area contributed by atoms with E-state index in [1.54, 1.807) is 0 Å². The molecule has 1 aliphatic carbocycles. The summed E-state index contributed by atoms with van der Waals surface area (Å²) in [5, 5.41) is 23.0. The summed E-state index contributed by atoms with van der Waals surface area (Å²) in [6.07, 6.45) is 4.53. The molecule has 104 valence electrons. The standard InChI is InChI=1S/C12H22N2O4/c15-11(16)7-13-5-9-3-1-2-4-10(9)6-14-8-12(17)18/h9-10,13-14H,1-8H2,(H,15,16)(H,17,18). The Balaban J connectivity index is 2.27. The van der Waals surface area contributed by atoms with Crippen LogP contribution in [0.25, 0.3) is 0 Å². The Morgan fingerprint density at radius 2 is 1.28 bits per heavy atom. The minimum atomic E-state index is -0.841. The molecule has 1 aliphatic rings. The monoisotopic (exact) mass is 258 g/mol. The van der Waals surface area contributed by atoms with Gasteiger partial charge < -0.3 is 20.8 Å². The van der Waals surface area contributed by atoms with E-state index in [2.05, 4.69) is 10.6 Å². The molecule has 0 aromatic heterocycles. The summed E-state index contributed by atoms with van der Waals surface area (Å²) in [6.45, 7) is 1.38. The molecule has 0 spiro atoms. The van der Waals surface area contributed by atoms with E-state index in [-0.39, 0.29) is 13.1 Å². The van der Waals surface area contributed by atoms with Crippen molar-refractivity contribution in [3.8, 4) is 0 Å². The van der Waals surface area contributed by atoms with Gasteiger partial charge in [0.05, 0.1) is 13.1 Å². The average molecular weight is 258 g/mol. The lowest BCUT2D eigenvalue weighted by Gasteiger charge is -2.31. The number of hydrogen-bond acceptors (Lipinski definition) is 4. The maximum Gasteiger partial charge on any atom is 0.317 e. The molecule has 4 N–H and O–H groups in total. The summed E-state index contributed by atoms with van der Waals surface area (Å²) in [4.78, 5) is 20.9. The zero-order valence-electron chi connectivity index (χ0n) is 10.5. The molecular formula is C12H22N2O4. The van der Waals surface area contributed by atoms with Gasteiger partial charge in [0.25, 0.3) is 0 Å². The molecule has 6 heteroatoms. The maximum absolute atomic E-state index is 10.4. The fraction of sp³-hybridized carbons (Fsp3) is 0.833. The first kappa shape index (κ1) is 14.9. The fourth-order valence-electron chi connectivity index (χ4n) is 2.55. The highest BCUT2D eigenvalue weighted by Crippen LogP contribution is 2.28. The molecule has 0 aliphatic heterocycles. The van der Waals surface area contributed by atoms with Crippen LogP contribution in [0.1, 0.15) is 25.7 Å². The topological polar surface area (TPSA) is 98.7 Å². The molecule has 0 amide bonds. The molecule has 0 heterocycles. The van der Waals surface area contributed by atoms with Gasteiger partial charge in [-0.05, 0) is 37.8 Å². The molecule has 0 aromatic rings. The van der Waals surface area contributed by atoms with Gasteiger partial charge in [-0.3, -0.25) is 9.59 Å². The van der Waals surface area contributed by atoms with Crippen LogP contribution in [0.2, 0.25) is 0 Å². The quantitative estimate of drug-likeness (QED) is 0.494. The third-order valence-corrected chi connectivity index (χ3v) is 3.43. The molecule has 2 unspecified atom stereocenters. The minimum Gasteiger partial charge on any atom is -0.480 e. The van der Waals surface area contributed by atoms with Crippen LogP contribution in [0.5, 0.6) is 0 Å². The van der Waals surface area contributed by atoms with Crippen molar-refractivity contribution in [2.24, 2.45) is 11.8 Å². The lowest BCUT2D eigenvalue weighted by Crippen LogP contribution is -2.38. The van der Waals surface area contributed by atoms with Crippen LogP contribution in [0.3, 0.4) is 0 Å². The highest BCUT2D eigenvalue weighted by molar-refractivity contribution is 5.69. The number of rotatable bonds is 8. The number of carbonyl (C=O) groups is 2. The summed E-state index contributed by atoms with van der Waals surface area (Å²) >= 11 is 0. The third kappa shape index (κ3) is 5.97. The Morgan fingerprint density at radius 1 is 0.889 bits per heavy atom. The SMILES string of the molecule is O=C(O)CNCC1CCCCC1CNCC(=O)O. The smallest absolute Gasteiger partial charge is 0.317 e. The second-order valence-corrected chi connectivity index (χ2v) is 4.85. The van der Waals surface area contributed by atoms with Gasteiger partial charge in [0.15, 0.2) is 0 Å². The van der Waals surface area contributed by atoms with Gasteiger partial charge >= 0.3 is 11.9 Å². The van der Waals surface area contributed by atoms with Crippen molar-refractivity contribution in [3.05, 3.63) is 0 Å². The van der Waals surface area contributed by atoms with E-state index < -0.39 is 11.9 Å². The first-order chi connectivity index (χ1) is 8.59. The molecule has 1 fully saturated rings. The molecule has 1 rings (SSSR count). The molecule has 0 aromatic carbocycles. The van der Waals surface area contributed by atoms with Gasteiger partial charge in [-0.1, -0.05) is 12.8 Å². The predicted octanol–water partition coefficient (Wildman–Crippen LogP) is 0.141. The van der Waals surface area contributed by atoms with E-state index in [4.69, 9.17) is 10.2 Å². The van der Waals surface area contributed by atoms with E-state index in [1.165, 1.54) is 12.8 Å². The summed E-state index contributed by atoms with van der Waals surface area (Å²) in [5.41, 5.74) is 0. The molecule has 18 heavy (non-hydrogen) atoms. The second kappa shape index (κ2) is 8.05. The zero-order valence-corrected chi connectivity index (χ0v) is 10.5. The van der Waals surface area contributed by atoms with Crippen LogP contribution in [-0.2, 0) is 9.59 Å². The van der Waals surface area contributed by atoms with E-state index in [0.29, 0.717) is 24.9 Å². The largest absolute Gasteiger partial charge is 0.480 e. The lowest BCUT2D eigenvalue weighted by molar-refractivity contribution is -0.137. The Labute approximate surface area is 107 Å². The number of carboxylic acid groups (broad SMARTS) is 2. The van der Waals surface area contributed by atoms with E-state index in [9.17, 15) is 9.59 Å². The maximum atomic E-state index is 10.4. The third-order valence-electron chi connectivity index (χ3n) is 3.43. The van der Waals surface area contributed by atoms with Gasteiger partial charge in [-0.15, -0.1) is 0 Å². The fourth-order valence-corrected chi connectivity index (χ4v) is 2.55. The highest BCUT2D eigenvalue weighted by Gasteiger charge is 2.24. The van der Waals surface area contributed by atoms with Crippen LogP contribution in [0.15, 0.2) is 0 Å². The van der Waals surface area contributed by atoms with Crippen molar-refractivity contribution in [1.82, 2.24) is 10.6 Å². The Bertz CT molecular complexity index is 255. The number of aliphatic carboxylic acids is 2. The predicted molar refractivity (Wildman–Crippen MR) is 66.5 cm³/mol. The second-order valence-electron chi connectivity index (χ2n) is 4.85. The Morgan fingerprint density at radius 3 is 1.61 bits per heavy atom. The van der Waals surface area contributed by atoms with Crippen LogP contribution in [0, 0.1) is 11.8 Å². The number of nitrogens with one attached hydrogen (secondary N) is 2. The van der Waals surface area contributed by atoms with Gasteiger partial charge in [-0.25, -0.2) is 0 Å². The number of carboxylic acids is 2. The van der Waals surface area contributed by atoms with Crippen molar-refractivity contribution in [2.75, 3.05) is 26.2 Å². The number of hydrogen-bond donors (Lipinski definition) is 4. The van der Waals surface area contributed by atoms with Crippen molar-refractivity contribution < 1.29 is 19.8 Å². The van der Waals surface area contributed by atoms with Crippen LogP contribution in [-0.4, -0.2) is 48.3 Å². The summed E-state index contributed by atoms with van der Waals surface area (Å²) in [5.74, 6) is -0.795. The molecule has 1 saturated carbocycles. The first-order valence-electron chi connectivity index (χ1n) is 6.44. The van der Waals surface area contributed by atoms with Crippen LogP contribution < -0.4 is 10.6 Å². The molecular weight excluding hydrogens is 236 g/mol. The van der Waals surface area contributed by atoms with Crippen molar-refractivity contribution in [2.45, 2.75) is 25.7 Å². The lowest BCUT2D eigenvalue weighted by atomic mass is 9.79. The van der Waals surface area contributed by atoms with E-state index in [1.807, 2.05) is 0 Å². The highest BCUT2D eigenvalue weighted by atomic mass is 16.4. The van der Waals surface area contributed by atoms with Crippen molar-refractivity contribution in [3.63, 3.8) is 0 Å². The van der Waals surface area contributed by atoms with E-state index in [0.717, 1.165) is 12.8 Å². The summed E-state index contributed by atoms with van der Waals surface area (Å²) in [6, 6.07) is 0. The Kier molecular flexibility index (Phi) is 6.67. The molecule has 0 radical (unpaired) electrons. The molecule has 0 bridgehead atoms. The molecule has 6 nitrogen and oxygen atoms in total. The minimum absolute atomic E-state index is 0.00816.